The maximum Gasteiger partial charge on any atom is 0.341 e. The van der Waals surface area contributed by atoms with Crippen LogP contribution in [0, 0.1) is 5.92 Å². The molecule has 2 aromatic heterocycles. The summed E-state index contributed by atoms with van der Waals surface area (Å²) >= 11 is 1.57. The van der Waals surface area contributed by atoms with Crippen molar-refractivity contribution in [3.63, 3.8) is 0 Å². The molecular formula is C30H30N2O5S. The molecule has 1 atom stereocenters. The van der Waals surface area contributed by atoms with Crippen LogP contribution in [0.2, 0.25) is 0 Å². The number of carbonyl (C=O) groups is 1. The third-order valence-corrected chi connectivity index (χ3v) is 7.79. The van der Waals surface area contributed by atoms with Crippen molar-refractivity contribution in [2.24, 2.45) is 5.92 Å². The summed E-state index contributed by atoms with van der Waals surface area (Å²) in [6.07, 6.45) is 2.95. The van der Waals surface area contributed by atoms with Crippen LogP contribution in [0.3, 0.4) is 0 Å². The summed E-state index contributed by atoms with van der Waals surface area (Å²) in [5, 5.41) is 12.5. The molecule has 1 aliphatic heterocycles. The molecule has 0 saturated heterocycles. The molecule has 2 aromatic carbocycles. The van der Waals surface area contributed by atoms with Crippen LogP contribution in [0.25, 0.3) is 33.1 Å². The highest BCUT2D eigenvalue weighted by Gasteiger charge is 2.29. The Balaban J connectivity index is 1.66. The average Bonchev–Trinajstić information content (AvgIpc) is 3.40. The van der Waals surface area contributed by atoms with Crippen LogP contribution in [-0.4, -0.2) is 41.0 Å². The van der Waals surface area contributed by atoms with Crippen molar-refractivity contribution in [3.05, 3.63) is 81.5 Å². The number of rotatable bonds is 9. The Bertz CT molecular complexity index is 1520. The van der Waals surface area contributed by atoms with Gasteiger partial charge in [0.25, 0.3) is 0 Å². The SMILES string of the molecule is COCCCOc1cc2c(cc1-c1csc(-c3ccccc3)n1)-c1cc(=O)c(C(=O)O)cn1C(C(C)C)C2. The van der Waals surface area contributed by atoms with Gasteiger partial charge in [-0.15, -0.1) is 11.3 Å². The summed E-state index contributed by atoms with van der Waals surface area (Å²) in [5.74, 6) is -0.246. The third-order valence-electron chi connectivity index (χ3n) is 6.90. The number of fused-ring (bicyclic) bond motifs is 3. The van der Waals surface area contributed by atoms with Crippen LogP contribution in [0.1, 0.15) is 42.2 Å². The van der Waals surface area contributed by atoms with Gasteiger partial charge in [-0.25, -0.2) is 9.78 Å². The van der Waals surface area contributed by atoms with Crippen molar-refractivity contribution in [3.8, 4) is 38.8 Å². The van der Waals surface area contributed by atoms with Gasteiger partial charge in [-0.1, -0.05) is 44.2 Å². The van der Waals surface area contributed by atoms with Crippen LogP contribution in [-0.2, 0) is 11.2 Å². The van der Waals surface area contributed by atoms with Gasteiger partial charge >= 0.3 is 5.97 Å². The average molecular weight is 531 g/mol. The van der Waals surface area contributed by atoms with E-state index in [1.54, 1.807) is 18.4 Å². The highest BCUT2D eigenvalue weighted by Crippen LogP contribution is 2.43. The predicted molar refractivity (Wildman–Crippen MR) is 149 cm³/mol. The number of carboxylic acid groups (broad SMARTS) is 1. The van der Waals surface area contributed by atoms with Gasteiger partial charge in [-0.2, -0.15) is 0 Å². The normalized spacial score (nSPS) is 14.3. The predicted octanol–water partition coefficient (Wildman–Crippen LogP) is 6.17. The molecule has 0 spiro atoms. The minimum Gasteiger partial charge on any atom is -0.493 e. The molecule has 0 bridgehead atoms. The zero-order valence-electron chi connectivity index (χ0n) is 21.6. The maximum atomic E-state index is 12.8. The van der Waals surface area contributed by atoms with Crippen molar-refractivity contribution in [2.75, 3.05) is 20.3 Å². The molecule has 1 N–H and O–H groups in total. The number of methoxy groups -OCH3 is 1. The fourth-order valence-electron chi connectivity index (χ4n) is 4.93. The summed E-state index contributed by atoms with van der Waals surface area (Å²) in [5.41, 5.74) is 4.63. The van der Waals surface area contributed by atoms with Crippen LogP contribution in [0.5, 0.6) is 5.75 Å². The lowest BCUT2D eigenvalue weighted by molar-refractivity contribution is 0.0694. The Morgan fingerprint density at radius 2 is 1.95 bits per heavy atom. The van der Waals surface area contributed by atoms with E-state index < -0.39 is 11.4 Å². The lowest BCUT2D eigenvalue weighted by Crippen LogP contribution is -2.28. The molecule has 1 unspecified atom stereocenters. The minimum absolute atomic E-state index is 0.00680. The van der Waals surface area contributed by atoms with Crippen LogP contribution in [0.15, 0.2) is 64.9 Å². The van der Waals surface area contributed by atoms with Gasteiger partial charge in [0.2, 0.25) is 0 Å². The Morgan fingerprint density at radius 1 is 1.16 bits per heavy atom. The van der Waals surface area contributed by atoms with Gasteiger partial charge in [0, 0.05) is 60.5 Å². The fourth-order valence-corrected chi connectivity index (χ4v) is 5.75. The number of ether oxygens (including phenoxy) is 2. The Labute approximate surface area is 225 Å². The molecule has 4 aromatic rings. The van der Waals surface area contributed by atoms with Crippen molar-refractivity contribution >= 4 is 17.3 Å². The Hall–Kier alpha value is -3.75. The molecule has 196 valence electrons. The smallest absolute Gasteiger partial charge is 0.341 e. The Kier molecular flexibility index (Phi) is 7.44. The van der Waals surface area contributed by atoms with E-state index in [1.165, 1.54) is 12.3 Å². The number of carboxylic acids is 1. The van der Waals surface area contributed by atoms with Gasteiger partial charge in [0.05, 0.1) is 18.0 Å². The number of aromatic nitrogens is 2. The first-order chi connectivity index (χ1) is 18.4. The summed E-state index contributed by atoms with van der Waals surface area (Å²) in [7, 11) is 1.67. The molecular weight excluding hydrogens is 500 g/mol. The van der Waals surface area contributed by atoms with Gasteiger partial charge in [0.1, 0.15) is 16.3 Å². The van der Waals surface area contributed by atoms with E-state index >= 15 is 0 Å². The summed E-state index contributed by atoms with van der Waals surface area (Å²) in [4.78, 5) is 29.4. The van der Waals surface area contributed by atoms with Crippen LogP contribution >= 0.6 is 11.3 Å². The second kappa shape index (κ2) is 10.9. The van der Waals surface area contributed by atoms with E-state index in [9.17, 15) is 14.7 Å². The van der Waals surface area contributed by atoms with E-state index in [0.29, 0.717) is 25.3 Å². The molecule has 7 nitrogen and oxygen atoms in total. The summed E-state index contributed by atoms with van der Waals surface area (Å²) < 4.78 is 13.4. The lowest BCUT2D eigenvalue weighted by atomic mass is 9.86. The first kappa shape index (κ1) is 25.9. The lowest BCUT2D eigenvalue weighted by Gasteiger charge is -2.34. The first-order valence-corrected chi connectivity index (χ1v) is 13.5. The second-order valence-corrected chi connectivity index (χ2v) is 10.6. The van der Waals surface area contributed by atoms with Gasteiger partial charge < -0.3 is 19.1 Å². The highest BCUT2D eigenvalue weighted by molar-refractivity contribution is 7.13. The number of aromatic carboxylic acids is 1. The Morgan fingerprint density at radius 3 is 2.66 bits per heavy atom. The van der Waals surface area contributed by atoms with Crippen LogP contribution < -0.4 is 10.2 Å². The van der Waals surface area contributed by atoms with Crippen molar-refractivity contribution < 1.29 is 19.4 Å². The first-order valence-electron chi connectivity index (χ1n) is 12.7. The quantitative estimate of drug-likeness (QED) is 0.260. The molecule has 0 fully saturated rings. The van der Waals surface area contributed by atoms with E-state index in [2.05, 4.69) is 19.9 Å². The van der Waals surface area contributed by atoms with Gasteiger partial charge in [-0.05, 0) is 30.0 Å². The third kappa shape index (κ3) is 5.01. The van der Waals surface area contributed by atoms with E-state index in [4.69, 9.17) is 14.5 Å². The van der Waals surface area contributed by atoms with Crippen LogP contribution in [0.4, 0.5) is 0 Å². The highest BCUT2D eigenvalue weighted by atomic mass is 32.1. The second-order valence-electron chi connectivity index (χ2n) is 9.77. The molecule has 1 aliphatic rings. The zero-order chi connectivity index (χ0) is 26.8. The summed E-state index contributed by atoms with van der Waals surface area (Å²) in [6.45, 7) is 5.32. The number of pyridine rings is 1. The largest absolute Gasteiger partial charge is 0.493 e. The van der Waals surface area contributed by atoms with E-state index in [1.807, 2.05) is 46.3 Å². The number of thiazole rings is 1. The number of benzene rings is 2. The van der Waals surface area contributed by atoms with Gasteiger partial charge in [-0.3, -0.25) is 4.79 Å². The molecule has 0 aliphatic carbocycles. The zero-order valence-corrected chi connectivity index (χ0v) is 22.5. The maximum absolute atomic E-state index is 12.8. The standard InChI is InChI=1S/C30H30N2O5S/c1-18(2)25-12-20-13-28(37-11-7-10-36-3)22(24-17-38-29(31-24)19-8-5-4-6-9-19)14-21(20)26-15-27(33)23(30(34)35)16-32(25)26/h4-6,8-9,13-18,25H,7,10-12H2,1-3H3,(H,34,35). The summed E-state index contributed by atoms with van der Waals surface area (Å²) in [6, 6.07) is 15.6. The molecule has 3 heterocycles. The topological polar surface area (TPSA) is 90.7 Å². The molecule has 8 heteroatoms. The van der Waals surface area contributed by atoms with Crippen molar-refractivity contribution in [1.82, 2.24) is 9.55 Å². The van der Waals surface area contributed by atoms with E-state index in [0.717, 1.165) is 45.1 Å². The molecule has 0 saturated carbocycles. The molecule has 38 heavy (non-hydrogen) atoms. The number of hydrogen-bond donors (Lipinski definition) is 1. The molecule has 5 rings (SSSR count). The van der Waals surface area contributed by atoms with Crippen molar-refractivity contribution in [2.45, 2.75) is 32.7 Å². The fraction of sp³-hybridized carbons (Fsp3) is 0.300. The molecule has 0 radical (unpaired) electrons. The van der Waals surface area contributed by atoms with Crippen molar-refractivity contribution in [1.29, 1.82) is 0 Å². The number of nitrogens with zero attached hydrogens (tertiary/aromatic N) is 2. The molecule has 0 amide bonds. The minimum atomic E-state index is -1.21. The number of hydrogen-bond acceptors (Lipinski definition) is 6. The van der Waals surface area contributed by atoms with E-state index in [-0.39, 0.29) is 17.5 Å². The monoisotopic (exact) mass is 530 g/mol. The van der Waals surface area contributed by atoms with Gasteiger partial charge in [0.15, 0.2) is 5.43 Å².